The summed E-state index contributed by atoms with van der Waals surface area (Å²) in [6, 6.07) is 0.999. The molecule has 2 aliphatic rings. The lowest BCUT2D eigenvalue weighted by Gasteiger charge is -2.19. The quantitative estimate of drug-likeness (QED) is 0.600. The minimum Gasteiger partial charge on any atom is -0.300 e. The average molecular weight is 153 g/mol. The fourth-order valence-corrected chi connectivity index (χ4v) is 2.97. The van der Waals surface area contributed by atoms with E-state index in [4.69, 9.17) is 0 Å². The van der Waals surface area contributed by atoms with Crippen LogP contribution in [0.3, 0.4) is 0 Å². The summed E-state index contributed by atoms with van der Waals surface area (Å²) >= 11 is 0. The molecular formula is C10H19N. The highest BCUT2D eigenvalue weighted by atomic mass is 15.2. The van der Waals surface area contributed by atoms with Gasteiger partial charge in [0.2, 0.25) is 0 Å². The molecule has 11 heavy (non-hydrogen) atoms. The molecule has 0 saturated heterocycles. The maximum Gasteiger partial charge on any atom is 0.0158 e. The minimum atomic E-state index is 0.999. The largest absolute Gasteiger partial charge is 0.300 e. The van der Waals surface area contributed by atoms with Crippen molar-refractivity contribution in [3.63, 3.8) is 0 Å². The number of hydrogen-bond acceptors (Lipinski definition) is 1. The minimum absolute atomic E-state index is 0.999. The highest BCUT2D eigenvalue weighted by molar-refractivity contribution is 5.07. The molecule has 0 aromatic heterocycles. The van der Waals surface area contributed by atoms with E-state index in [0.29, 0.717) is 0 Å². The lowest BCUT2D eigenvalue weighted by molar-refractivity contribution is 0.259. The van der Waals surface area contributed by atoms with Crippen LogP contribution in [0.5, 0.6) is 0 Å². The van der Waals surface area contributed by atoms with Crippen LogP contribution < -0.4 is 0 Å². The van der Waals surface area contributed by atoms with Gasteiger partial charge in [0.25, 0.3) is 0 Å². The van der Waals surface area contributed by atoms with Crippen molar-refractivity contribution in [2.45, 2.75) is 39.2 Å². The predicted molar refractivity (Wildman–Crippen MR) is 47.5 cm³/mol. The molecule has 2 rings (SSSR count). The molecule has 2 fully saturated rings. The smallest absolute Gasteiger partial charge is 0.0158 e. The average Bonchev–Trinajstić information content (AvgIpc) is 2.54. The summed E-state index contributed by atoms with van der Waals surface area (Å²) in [4.78, 5) is 2.65. The molecule has 0 spiro atoms. The van der Waals surface area contributed by atoms with Crippen molar-refractivity contribution >= 4 is 0 Å². The highest BCUT2D eigenvalue weighted by Gasteiger charge is 2.54. The zero-order valence-corrected chi connectivity index (χ0v) is 7.71. The molecule has 3 atom stereocenters. The summed E-state index contributed by atoms with van der Waals surface area (Å²) in [6.07, 6.45) is 4.55. The lowest BCUT2D eigenvalue weighted by Crippen LogP contribution is -2.28. The van der Waals surface area contributed by atoms with Crippen molar-refractivity contribution < 1.29 is 0 Å². The van der Waals surface area contributed by atoms with Crippen LogP contribution in [0.1, 0.15) is 33.1 Å². The van der Waals surface area contributed by atoms with Gasteiger partial charge in [-0.05, 0) is 37.8 Å². The summed E-state index contributed by atoms with van der Waals surface area (Å²) in [5.41, 5.74) is 0. The van der Waals surface area contributed by atoms with E-state index in [0.717, 1.165) is 17.9 Å². The van der Waals surface area contributed by atoms with E-state index >= 15 is 0 Å². The van der Waals surface area contributed by atoms with Crippen LogP contribution in [0.15, 0.2) is 0 Å². The number of fused-ring (bicyclic) bond motifs is 1. The van der Waals surface area contributed by atoms with Crippen LogP contribution in [0, 0.1) is 11.8 Å². The molecule has 0 radical (unpaired) electrons. The standard InChI is InChI=1S/C10H19N/c1-3-11(4-2)10-8-6-5-7-9(8)10/h8-10H,3-7H2,1-2H3/t8-,9+,10?. The molecular weight excluding hydrogens is 134 g/mol. The van der Waals surface area contributed by atoms with E-state index in [9.17, 15) is 0 Å². The van der Waals surface area contributed by atoms with Gasteiger partial charge in [0, 0.05) is 6.04 Å². The molecule has 1 heteroatoms. The Kier molecular flexibility index (Phi) is 1.92. The lowest BCUT2D eigenvalue weighted by atomic mass is 10.2. The summed E-state index contributed by atoms with van der Waals surface area (Å²) in [6.45, 7) is 7.09. The van der Waals surface area contributed by atoms with Crippen molar-refractivity contribution in [3.8, 4) is 0 Å². The van der Waals surface area contributed by atoms with Gasteiger partial charge in [-0.2, -0.15) is 0 Å². The molecule has 0 heterocycles. The zero-order chi connectivity index (χ0) is 7.84. The Morgan fingerprint density at radius 2 is 1.64 bits per heavy atom. The van der Waals surface area contributed by atoms with Crippen LogP contribution in [0.2, 0.25) is 0 Å². The topological polar surface area (TPSA) is 3.24 Å². The summed E-state index contributed by atoms with van der Waals surface area (Å²) in [5.74, 6) is 2.21. The Morgan fingerprint density at radius 3 is 2.09 bits per heavy atom. The summed E-state index contributed by atoms with van der Waals surface area (Å²) in [7, 11) is 0. The van der Waals surface area contributed by atoms with Crippen LogP contribution in [-0.2, 0) is 0 Å². The van der Waals surface area contributed by atoms with Gasteiger partial charge in [-0.1, -0.05) is 20.3 Å². The van der Waals surface area contributed by atoms with Gasteiger partial charge in [0.1, 0.15) is 0 Å². The van der Waals surface area contributed by atoms with Crippen LogP contribution in [0.4, 0.5) is 0 Å². The first kappa shape index (κ1) is 7.60. The molecule has 0 amide bonds. The summed E-state index contributed by atoms with van der Waals surface area (Å²) in [5, 5.41) is 0. The first-order valence-electron chi connectivity index (χ1n) is 5.12. The van der Waals surface area contributed by atoms with Crippen molar-refractivity contribution in [1.82, 2.24) is 4.90 Å². The molecule has 0 aromatic carbocycles. The number of nitrogens with zero attached hydrogens (tertiary/aromatic N) is 1. The Bertz CT molecular complexity index is 130. The van der Waals surface area contributed by atoms with E-state index in [1.54, 1.807) is 0 Å². The fourth-order valence-electron chi connectivity index (χ4n) is 2.97. The van der Waals surface area contributed by atoms with Gasteiger partial charge in [-0.25, -0.2) is 0 Å². The van der Waals surface area contributed by atoms with Crippen LogP contribution in [0.25, 0.3) is 0 Å². The van der Waals surface area contributed by atoms with E-state index in [-0.39, 0.29) is 0 Å². The van der Waals surface area contributed by atoms with E-state index in [1.807, 2.05) is 0 Å². The Hall–Kier alpha value is -0.0400. The van der Waals surface area contributed by atoms with Gasteiger partial charge in [-0.15, -0.1) is 0 Å². The zero-order valence-electron chi connectivity index (χ0n) is 7.71. The van der Waals surface area contributed by atoms with Gasteiger partial charge in [0.15, 0.2) is 0 Å². The maximum absolute atomic E-state index is 2.65. The van der Waals surface area contributed by atoms with Crippen molar-refractivity contribution in [3.05, 3.63) is 0 Å². The van der Waals surface area contributed by atoms with Crippen LogP contribution in [-0.4, -0.2) is 24.0 Å². The molecule has 1 nitrogen and oxygen atoms in total. The monoisotopic (exact) mass is 153 g/mol. The third-order valence-electron chi connectivity index (χ3n) is 3.60. The number of hydrogen-bond donors (Lipinski definition) is 0. The molecule has 1 unspecified atom stereocenters. The molecule has 2 aliphatic carbocycles. The Balaban J connectivity index is 1.88. The van der Waals surface area contributed by atoms with E-state index in [1.165, 1.54) is 32.4 Å². The van der Waals surface area contributed by atoms with Gasteiger partial charge in [0.05, 0.1) is 0 Å². The fraction of sp³-hybridized carbons (Fsp3) is 1.00. The van der Waals surface area contributed by atoms with E-state index < -0.39 is 0 Å². The van der Waals surface area contributed by atoms with Crippen molar-refractivity contribution in [2.75, 3.05) is 13.1 Å². The SMILES string of the molecule is CCN(CC)C1[C@H]2CCC[C@@H]12. The normalized spacial score (nSPS) is 41.2. The number of rotatable bonds is 3. The summed E-state index contributed by atoms with van der Waals surface area (Å²) < 4.78 is 0. The molecule has 0 aliphatic heterocycles. The molecule has 0 aromatic rings. The maximum atomic E-state index is 2.65. The predicted octanol–water partition coefficient (Wildman–Crippen LogP) is 2.13. The molecule has 0 bridgehead atoms. The van der Waals surface area contributed by atoms with Crippen LogP contribution >= 0.6 is 0 Å². The molecule has 2 saturated carbocycles. The second kappa shape index (κ2) is 2.78. The highest BCUT2D eigenvalue weighted by Crippen LogP contribution is 2.54. The third-order valence-corrected chi connectivity index (χ3v) is 3.60. The van der Waals surface area contributed by atoms with Gasteiger partial charge >= 0.3 is 0 Å². The second-order valence-electron chi connectivity index (χ2n) is 3.97. The van der Waals surface area contributed by atoms with Gasteiger partial charge < -0.3 is 4.90 Å². The second-order valence-corrected chi connectivity index (χ2v) is 3.97. The molecule has 64 valence electrons. The molecule has 0 N–H and O–H groups in total. The Morgan fingerprint density at radius 1 is 1.09 bits per heavy atom. The first-order chi connectivity index (χ1) is 5.38. The third kappa shape index (κ3) is 1.10. The van der Waals surface area contributed by atoms with Crippen molar-refractivity contribution in [2.24, 2.45) is 11.8 Å². The van der Waals surface area contributed by atoms with Gasteiger partial charge in [-0.3, -0.25) is 0 Å². The Labute approximate surface area is 69.8 Å². The van der Waals surface area contributed by atoms with E-state index in [2.05, 4.69) is 18.7 Å². The van der Waals surface area contributed by atoms with Crippen molar-refractivity contribution in [1.29, 1.82) is 0 Å². The first-order valence-corrected chi connectivity index (χ1v) is 5.12.